The number of nitrogens with one attached hydrogen (secondary N) is 1. The van der Waals surface area contributed by atoms with Crippen LogP contribution in [0.4, 0.5) is 10.2 Å². The van der Waals surface area contributed by atoms with Crippen LogP contribution in [0.25, 0.3) is 0 Å². The predicted octanol–water partition coefficient (Wildman–Crippen LogP) is 2.39. The first-order valence-electron chi connectivity index (χ1n) is 7.20. The lowest BCUT2D eigenvalue weighted by atomic mass is 9.95. The van der Waals surface area contributed by atoms with Gasteiger partial charge in [-0.1, -0.05) is 17.3 Å². The van der Waals surface area contributed by atoms with Crippen LogP contribution in [0.3, 0.4) is 0 Å². The fourth-order valence-corrected chi connectivity index (χ4v) is 2.46. The molecule has 0 saturated carbocycles. The van der Waals surface area contributed by atoms with Gasteiger partial charge in [0.05, 0.1) is 11.4 Å². The van der Waals surface area contributed by atoms with Crippen LogP contribution in [0.15, 0.2) is 35.5 Å². The van der Waals surface area contributed by atoms with E-state index in [2.05, 4.69) is 15.6 Å². The molecule has 0 spiro atoms. The lowest BCUT2D eigenvalue weighted by Gasteiger charge is -2.20. The number of oxime groups is 1. The van der Waals surface area contributed by atoms with Gasteiger partial charge in [-0.2, -0.15) is 5.10 Å². The van der Waals surface area contributed by atoms with E-state index in [0.717, 1.165) is 5.69 Å². The lowest BCUT2D eigenvalue weighted by Crippen LogP contribution is -2.40. The Kier molecular flexibility index (Phi) is 3.63. The zero-order valence-electron chi connectivity index (χ0n) is 13.1. The first kappa shape index (κ1) is 15.2. The fraction of sp³-hybridized carbons (Fsp3) is 0.312. The molecule has 0 unspecified atom stereocenters. The smallest absolute Gasteiger partial charge is 0.272 e. The van der Waals surface area contributed by atoms with Gasteiger partial charge in [-0.15, -0.1) is 0 Å². The van der Waals surface area contributed by atoms with Crippen LogP contribution in [-0.4, -0.2) is 27.0 Å². The number of aromatic nitrogens is 2. The summed E-state index contributed by atoms with van der Waals surface area (Å²) >= 11 is 0. The second kappa shape index (κ2) is 5.49. The van der Waals surface area contributed by atoms with Crippen LogP contribution < -0.4 is 5.32 Å². The van der Waals surface area contributed by atoms with Crippen molar-refractivity contribution in [1.29, 1.82) is 0 Å². The number of carbonyl (C=O) groups is 1. The molecule has 1 aliphatic heterocycles. The maximum Gasteiger partial charge on any atom is 0.272 e. The van der Waals surface area contributed by atoms with E-state index in [1.165, 1.54) is 12.1 Å². The number of halogens is 1. The molecule has 1 amide bonds. The van der Waals surface area contributed by atoms with Gasteiger partial charge in [-0.05, 0) is 26.0 Å². The molecular weight excluding hydrogens is 299 g/mol. The van der Waals surface area contributed by atoms with Crippen LogP contribution in [0.1, 0.15) is 24.6 Å². The van der Waals surface area contributed by atoms with Crippen molar-refractivity contribution in [1.82, 2.24) is 9.78 Å². The highest BCUT2D eigenvalue weighted by atomic mass is 19.1. The zero-order chi connectivity index (χ0) is 16.6. The molecule has 2 heterocycles. The molecule has 3 rings (SSSR count). The third-order valence-corrected chi connectivity index (χ3v) is 3.74. The van der Waals surface area contributed by atoms with Gasteiger partial charge >= 0.3 is 0 Å². The molecule has 7 heteroatoms. The molecule has 23 heavy (non-hydrogen) atoms. The Morgan fingerprint density at radius 2 is 2.22 bits per heavy atom. The van der Waals surface area contributed by atoms with Crippen molar-refractivity contribution in [2.75, 3.05) is 5.32 Å². The van der Waals surface area contributed by atoms with E-state index in [9.17, 15) is 9.18 Å². The molecule has 1 aliphatic rings. The number of aryl methyl sites for hydroxylation is 2. The molecule has 6 nitrogen and oxygen atoms in total. The topological polar surface area (TPSA) is 68.5 Å². The number of hydrogen-bond donors (Lipinski definition) is 1. The molecular formula is C16H17FN4O2. The Morgan fingerprint density at radius 1 is 1.43 bits per heavy atom. The zero-order valence-corrected chi connectivity index (χ0v) is 13.1. The van der Waals surface area contributed by atoms with Crippen molar-refractivity contribution in [3.63, 3.8) is 0 Å². The van der Waals surface area contributed by atoms with Crippen LogP contribution >= 0.6 is 0 Å². The maximum absolute atomic E-state index is 13.3. The summed E-state index contributed by atoms with van der Waals surface area (Å²) < 4.78 is 14.9. The standard InChI is InChI=1S/C16H17FN4O2/c1-10-7-14(21(3)19-10)18-15(22)16(2)9-13(20-23-16)11-5-4-6-12(17)8-11/h4-8H,9H2,1-3H3,(H,18,22)/t16-/m1/s1. The highest BCUT2D eigenvalue weighted by Gasteiger charge is 2.42. The van der Waals surface area contributed by atoms with Crippen molar-refractivity contribution in [3.8, 4) is 0 Å². The Balaban J connectivity index is 1.74. The second-order valence-electron chi connectivity index (χ2n) is 5.80. The molecule has 120 valence electrons. The van der Waals surface area contributed by atoms with E-state index in [4.69, 9.17) is 4.84 Å². The summed E-state index contributed by atoms with van der Waals surface area (Å²) in [4.78, 5) is 17.9. The quantitative estimate of drug-likeness (QED) is 0.945. The fourth-order valence-electron chi connectivity index (χ4n) is 2.46. The van der Waals surface area contributed by atoms with Crippen LogP contribution in [0, 0.1) is 12.7 Å². The molecule has 0 aliphatic carbocycles. The molecule has 0 bridgehead atoms. The van der Waals surface area contributed by atoms with Gasteiger partial charge in [-0.3, -0.25) is 9.48 Å². The van der Waals surface area contributed by atoms with Crippen molar-refractivity contribution in [2.45, 2.75) is 25.9 Å². The van der Waals surface area contributed by atoms with Crippen molar-refractivity contribution in [3.05, 3.63) is 47.4 Å². The van der Waals surface area contributed by atoms with Crippen LogP contribution in [0.2, 0.25) is 0 Å². The first-order chi connectivity index (χ1) is 10.9. The summed E-state index contributed by atoms with van der Waals surface area (Å²) in [7, 11) is 1.75. The number of rotatable bonds is 3. The number of benzene rings is 1. The van der Waals surface area contributed by atoms with Gasteiger partial charge in [0.25, 0.3) is 5.91 Å². The third kappa shape index (κ3) is 2.94. The SMILES string of the molecule is Cc1cc(NC(=O)[C@@]2(C)CC(c3cccc(F)c3)=NO2)n(C)n1. The van der Waals surface area contributed by atoms with Gasteiger partial charge in [0.2, 0.25) is 5.60 Å². The molecule has 0 saturated heterocycles. The Hall–Kier alpha value is -2.70. The predicted molar refractivity (Wildman–Crippen MR) is 83.6 cm³/mol. The number of anilines is 1. The summed E-state index contributed by atoms with van der Waals surface area (Å²) in [6, 6.07) is 7.83. The van der Waals surface area contributed by atoms with Gasteiger partial charge in [0.15, 0.2) is 0 Å². The molecule has 1 aromatic heterocycles. The molecule has 1 atom stereocenters. The summed E-state index contributed by atoms with van der Waals surface area (Å²) in [6.07, 6.45) is 0.263. The van der Waals surface area contributed by atoms with Crippen molar-refractivity contribution in [2.24, 2.45) is 12.2 Å². The largest absolute Gasteiger partial charge is 0.379 e. The number of hydrogen-bond acceptors (Lipinski definition) is 4. The highest BCUT2D eigenvalue weighted by molar-refractivity contribution is 6.07. The molecule has 1 N–H and O–H groups in total. The third-order valence-electron chi connectivity index (χ3n) is 3.74. The summed E-state index contributed by atoms with van der Waals surface area (Å²) in [5.41, 5.74) is 0.818. The van der Waals surface area contributed by atoms with E-state index in [1.54, 1.807) is 36.9 Å². The number of amides is 1. The average Bonchev–Trinajstić information content (AvgIpc) is 3.03. The normalized spacial score (nSPS) is 20.1. The van der Waals surface area contributed by atoms with Gasteiger partial charge < -0.3 is 10.2 Å². The van der Waals surface area contributed by atoms with E-state index in [0.29, 0.717) is 17.1 Å². The Bertz CT molecular complexity index is 799. The Labute approximate surface area is 132 Å². The number of nitrogens with zero attached hydrogens (tertiary/aromatic N) is 3. The second-order valence-corrected chi connectivity index (χ2v) is 5.80. The van der Waals surface area contributed by atoms with Gasteiger partial charge in [0, 0.05) is 25.1 Å². The highest BCUT2D eigenvalue weighted by Crippen LogP contribution is 2.28. The maximum atomic E-state index is 13.3. The van der Waals surface area contributed by atoms with E-state index in [1.807, 2.05) is 6.92 Å². The molecule has 1 aromatic carbocycles. The lowest BCUT2D eigenvalue weighted by molar-refractivity contribution is -0.136. The first-order valence-corrected chi connectivity index (χ1v) is 7.20. The minimum absolute atomic E-state index is 0.263. The van der Waals surface area contributed by atoms with E-state index < -0.39 is 5.60 Å². The molecule has 0 fully saturated rings. The molecule has 0 radical (unpaired) electrons. The van der Waals surface area contributed by atoms with Gasteiger partial charge in [0.1, 0.15) is 11.6 Å². The minimum Gasteiger partial charge on any atom is -0.379 e. The molecule has 2 aromatic rings. The number of carbonyl (C=O) groups excluding carboxylic acids is 1. The van der Waals surface area contributed by atoms with Crippen LogP contribution in [-0.2, 0) is 16.7 Å². The monoisotopic (exact) mass is 316 g/mol. The van der Waals surface area contributed by atoms with Gasteiger partial charge in [-0.25, -0.2) is 4.39 Å². The van der Waals surface area contributed by atoms with E-state index in [-0.39, 0.29) is 18.1 Å². The minimum atomic E-state index is -1.14. The summed E-state index contributed by atoms with van der Waals surface area (Å²) in [5, 5.41) is 10.9. The van der Waals surface area contributed by atoms with Crippen LogP contribution in [0.5, 0.6) is 0 Å². The summed E-state index contributed by atoms with van der Waals surface area (Å²) in [5.74, 6) is -0.0965. The summed E-state index contributed by atoms with van der Waals surface area (Å²) in [6.45, 7) is 3.50. The van der Waals surface area contributed by atoms with Crippen molar-refractivity contribution < 1.29 is 14.0 Å². The Morgan fingerprint density at radius 3 is 2.87 bits per heavy atom. The average molecular weight is 316 g/mol. The van der Waals surface area contributed by atoms with E-state index >= 15 is 0 Å². The van der Waals surface area contributed by atoms with Crippen molar-refractivity contribution >= 4 is 17.4 Å².